The number of ether oxygens (including phenoxy) is 3. The quantitative estimate of drug-likeness (QED) is 0.0446. The highest BCUT2D eigenvalue weighted by atomic mass is 31.2. The Kier molecular flexibility index (Phi) is 16.1. The zero-order chi connectivity index (χ0) is 39.4. The number of rotatable bonds is 21. The van der Waals surface area contributed by atoms with Gasteiger partial charge >= 0.3 is 25.7 Å². The van der Waals surface area contributed by atoms with Crippen LogP contribution in [0.3, 0.4) is 0 Å². The van der Waals surface area contributed by atoms with Crippen molar-refractivity contribution in [1.82, 2.24) is 10.4 Å². The third-order valence-electron chi connectivity index (χ3n) is 8.21. The fourth-order valence-corrected chi connectivity index (χ4v) is 6.68. The van der Waals surface area contributed by atoms with E-state index < -0.39 is 50.3 Å². The van der Waals surface area contributed by atoms with Crippen molar-refractivity contribution in [2.24, 2.45) is 0 Å². The predicted molar refractivity (Wildman–Crippen MR) is 207 cm³/mol. The molecule has 5 rings (SSSR count). The topological polar surface area (TPSA) is 156 Å². The lowest BCUT2D eigenvalue weighted by atomic mass is 10.1. The molecule has 0 aliphatic rings. The summed E-state index contributed by atoms with van der Waals surface area (Å²) in [6, 6.07) is 41.1. The van der Waals surface area contributed by atoms with Gasteiger partial charge in [0.1, 0.15) is 25.9 Å². The monoisotopic (exact) mass is 778 g/mol. The first-order valence-electron chi connectivity index (χ1n) is 17.9. The summed E-state index contributed by atoms with van der Waals surface area (Å²) in [6.45, 7) is -1.10. The van der Waals surface area contributed by atoms with Gasteiger partial charge in [0.15, 0.2) is 6.04 Å². The molecule has 0 spiro atoms. The lowest BCUT2D eigenvalue weighted by Crippen LogP contribution is -2.45. The van der Waals surface area contributed by atoms with Crippen LogP contribution in [0.1, 0.15) is 45.5 Å². The van der Waals surface area contributed by atoms with Gasteiger partial charge in [-0.1, -0.05) is 140 Å². The molecule has 3 atom stereocenters. The van der Waals surface area contributed by atoms with Crippen LogP contribution < -0.4 is 10.4 Å². The number of esters is 3. The van der Waals surface area contributed by atoms with E-state index in [9.17, 15) is 23.7 Å². The van der Waals surface area contributed by atoms with Crippen LogP contribution in [0.5, 0.6) is 0 Å². The molecule has 13 heteroatoms. The van der Waals surface area contributed by atoms with Gasteiger partial charge < -0.3 is 19.5 Å². The van der Waals surface area contributed by atoms with Crippen LogP contribution in [0.2, 0.25) is 0 Å². The maximum absolute atomic E-state index is 14.6. The van der Waals surface area contributed by atoms with Gasteiger partial charge in [0, 0.05) is 12.0 Å². The van der Waals surface area contributed by atoms with E-state index >= 15 is 0 Å². The van der Waals surface area contributed by atoms with Crippen molar-refractivity contribution in [3.63, 3.8) is 0 Å². The second-order valence-electron chi connectivity index (χ2n) is 12.5. The van der Waals surface area contributed by atoms with Crippen molar-refractivity contribution >= 4 is 31.6 Å². The van der Waals surface area contributed by atoms with Gasteiger partial charge in [0.25, 0.3) is 5.91 Å². The minimum Gasteiger partial charge on any atom is -0.461 e. The average molecular weight is 779 g/mol. The molecule has 2 N–H and O–H groups in total. The Morgan fingerprint density at radius 2 is 0.911 bits per heavy atom. The number of amides is 1. The first kappa shape index (κ1) is 41.3. The molecule has 5 aromatic carbocycles. The summed E-state index contributed by atoms with van der Waals surface area (Å²) in [5.74, 6) is -2.93. The van der Waals surface area contributed by atoms with E-state index in [1.54, 1.807) is 109 Å². The van der Waals surface area contributed by atoms with E-state index in [1.165, 1.54) is 0 Å². The normalized spacial score (nSPS) is 13.0. The maximum Gasteiger partial charge on any atom is 0.406 e. The first-order chi connectivity index (χ1) is 27.3. The molecule has 0 saturated carbocycles. The van der Waals surface area contributed by atoms with Gasteiger partial charge in [0.05, 0.1) is 13.2 Å². The second kappa shape index (κ2) is 21.8. The molecule has 290 valence electrons. The number of benzene rings is 5. The van der Waals surface area contributed by atoms with E-state index in [1.807, 2.05) is 42.5 Å². The molecule has 12 nitrogen and oxygen atoms in total. The highest BCUT2D eigenvalue weighted by Crippen LogP contribution is 2.46. The van der Waals surface area contributed by atoms with E-state index in [0.29, 0.717) is 16.7 Å². The van der Waals surface area contributed by atoms with E-state index in [2.05, 4.69) is 10.4 Å². The van der Waals surface area contributed by atoms with Crippen LogP contribution in [0.15, 0.2) is 152 Å². The summed E-state index contributed by atoms with van der Waals surface area (Å²) in [4.78, 5) is 53.2. The zero-order valence-corrected chi connectivity index (χ0v) is 31.5. The zero-order valence-electron chi connectivity index (χ0n) is 30.6. The van der Waals surface area contributed by atoms with Crippen LogP contribution in [0, 0.1) is 0 Å². The fraction of sp³-hybridized carbons (Fsp3) is 0.209. The summed E-state index contributed by atoms with van der Waals surface area (Å²) < 4.78 is 42.9. The van der Waals surface area contributed by atoms with Gasteiger partial charge in [-0.2, -0.15) is 0 Å². The van der Waals surface area contributed by atoms with Crippen molar-refractivity contribution < 1.29 is 47.0 Å². The molecule has 0 heterocycles. The molecule has 0 radical (unpaired) electrons. The largest absolute Gasteiger partial charge is 0.461 e. The Morgan fingerprint density at radius 1 is 0.500 bits per heavy atom. The molecule has 0 aliphatic heterocycles. The molecule has 0 bridgehead atoms. The minimum absolute atomic E-state index is 0.0223. The Labute approximate surface area is 325 Å². The number of hydrogen-bond donors (Lipinski definition) is 2. The molecule has 0 aromatic heterocycles. The van der Waals surface area contributed by atoms with Crippen molar-refractivity contribution in [2.45, 2.75) is 51.4 Å². The summed E-state index contributed by atoms with van der Waals surface area (Å²) in [7, 11) is -4.56. The van der Waals surface area contributed by atoms with E-state index in [0.717, 1.165) is 5.56 Å². The van der Waals surface area contributed by atoms with Crippen LogP contribution in [0.25, 0.3) is 0 Å². The van der Waals surface area contributed by atoms with Gasteiger partial charge in [-0.25, -0.2) is 14.4 Å². The van der Waals surface area contributed by atoms with E-state index in [4.69, 9.17) is 23.3 Å². The SMILES string of the molecule is O=C(CCC(NP(=O)(OCc1ccccc1)OC[C@H](NC(=O)c1ccccc1)C(=O)OCc1ccccc1)C(=O)OCc1ccccc1)OCc1ccccc1. The lowest BCUT2D eigenvalue weighted by molar-refractivity contribution is -0.150. The van der Waals surface area contributed by atoms with Crippen molar-refractivity contribution in [3.05, 3.63) is 179 Å². The van der Waals surface area contributed by atoms with Gasteiger partial charge in [-0.15, -0.1) is 0 Å². The number of carbonyl (C=O) groups is 4. The first-order valence-corrected chi connectivity index (χ1v) is 19.5. The Hall–Kier alpha value is -5.91. The number of carbonyl (C=O) groups excluding carboxylic acids is 4. The maximum atomic E-state index is 14.6. The average Bonchev–Trinajstić information content (AvgIpc) is 3.25. The Balaban J connectivity index is 1.35. The molecule has 0 saturated heterocycles. The minimum atomic E-state index is -4.56. The van der Waals surface area contributed by atoms with Crippen molar-refractivity contribution in [1.29, 1.82) is 0 Å². The third-order valence-corrected chi connectivity index (χ3v) is 9.79. The van der Waals surface area contributed by atoms with Crippen molar-refractivity contribution in [3.8, 4) is 0 Å². The number of nitrogens with one attached hydrogen (secondary N) is 2. The van der Waals surface area contributed by atoms with Crippen molar-refractivity contribution in [2.75, 3.05) is 6.61 Å². The smallest absolute Gasteiger partial charge is 0.406 e. The van der Waals surface area contributed by atoms with Gasteiger partial charge in [-0.05, 0) is 40.8 Å². The third kappa shape index (κ3) is 14.1. The molecule has 0 fully saturated rings. The molecule has 56 heavy (non-hydrogen) atoms. The van der Waals surface area contributed by atoms with Crippen LogP contribution in [-0.4, -0.2) is 42.5 Å². The van der Waals surface area contributed by atoms with Crippen LogP contribution in [0.4, 0.5) is 0 Å². The predicted octanol–water partition coefficient (Wildman–Crippen LogP) is 7.10. The summed E-state index contributed by atoms with van der Waals surface area (Å²) in [5.41, 5.74) is 3.07. The number of hydrogen-bond acceptors (Lipinski definition) is 10. The second-order valence-corrected chi connectivity index (χ2v) is 14.3. The fourth-order valence-electron chi connectivity index (χ4n) is 5.17. The molecule has 5 aromatic rings. The Bertz CT molecular complexity index is 2020. The molecular formula is C43H43N2O10P. The summed E-state index contributed by atoms with van der Waals surface area (Å²) in [6.07, 6.45) is -0.470. The van der Waals surface area contributed by atoms with Gasteiger partial charge in [-0.3, -0.25) is 23.4 Å². The summed E-state index contributed by atoms with van der Waals surface area (Å²) >= 11 is 0. The highest BCUT2D eigenvalue weighted by molar-refractivity contribution is 7.51. The molecular weight excluding hydrogens is 735 g/mol. The van der Waals surface area contributed by atoms with Crippen LogP contribution in [-0.2, 0) is 68.6 Å². The summed E-state index contributed by atoms with van der Waals surface area (Å²) in [5, 5.41) is 5.27. The Morgan fingerprint density at radius 3 is 1.39 bits per heavy atom. The molecule has 2 unspecified atom stereocenters. The van der Waals surface area contributed by atoms with E-state index in [-0.39, 0.29) is 44.8 Å². The molecule has 1 amide bonds. The van der Waals surface area contributed by atoms with Crippen LogP contribution >= 0.6 is 7.75 Å². The standard InChI is InChI=1S/C43H43N2O10P/c46-40(51-28-33-16-6-1-7-17-33)27-26-38(42(48)52-29-34-18-8-2-9-19-34)45-56(50,54-31-36-22-12-4-13-23-36)55-32-39(44-41(47)37-24-14-5-15-25-37)43(49)53-30-35-20-10-3-11-21-35/h1-25,38-39H,26-32H2,(H,44,47)(H,45,50)/t38?,39-,56?/m0/s1. The highest BCUT2D eigenvalue weighted by Gasteiger charge is 2.36. The lowest BCUT2D eigenvalue weighted by Gasteiger charge is -2.26. The molecule has 0 aliphatic carbocycles. The van der Waals surface area contributed by atoms with Gasteiger partial charge in [0.2, 0.25) is 0 Å².